The summed E-state index contributed by atoms with van der Waals surface area (Å²) >= 11 is 0. The minimum absolute atomic E-state index is 0.0282. The lowest BCUT2D eigenvalue weighted by molar-refractivity contribution is 0.0527. The quantitative estimate of drug-likeness (QED) is 0.736. The number of hydroxylamine groups is 1. The fraction of sp³-hybridized carbons (Fsp3) is 0.333. The summed E-state index contributed by atoms with van der Waals surface area (Å²) in [7, 11) is 1.41. The van der Waals surface area contributed by atoms with Crippen LogP contribution >= 0.6 is 0 Å². The monoisotopic (exact) mass is 201 g/mol. The van der Waals surface area contributed by atoms with Gasteiger partial charge in [0.1, 0.15) is 12.4 Å². The Morgan fingerprint density at radius 2 is 2.14 bits per heavy atom. The van der Waals surface area contributed by atoms with Crippen molar-refractivity contribution in [3.05, 3.63) is 29.3 Å². The second kappa shape index (κ2) is 3.51. The van der Waals surface area contributed by atoms with Gasteiger partial charge in [0.25, 0.3) is 0 Å². The van der Waals surface area contributed by atoms with Crippen LogP contribution in [0.15, 0.2) is 12.1 Å². The largest absolute Gasteiger partial charge is 0.488 e. The molecule has 2 rings (SSSR count). The summed E-state index contributed by atoms with van der Waals surface area (Å²) < 4.78 is 31.4. The summed E-state index contributed by atoms with van der Waals surface area (Å²) in [5, 5.41) is 0. The third-order valence-electron chi connectivity index (χ3n) is 2.10. The average Bonchev–Trinajstić information content (AvgIpc) is 2.58. The van der Waals surface area contributed by atoms with Gasteiger partial charge in [0.15, 0.2) is 11.6 Å². The van der Waals surface area contributed by atoms with Crippen molar-refractivity contribution in [3.8, 4) is 5.75 Å². The average molecular weight is 201 g/mol. The zero-order valence-corrected chi connectivity index (χ0v) is 7.51. The molecule has 1 heterocycles. The van der Waals surface area contributed by atoms with Crippen molar-refractivity contribution >= 4 is 0 Å². The number of nitrogens with one attached hydrogen (secondary N) is 1. The summed E-state index contributed by atoms with van der Waals surface area (Å²) in [6, 6.07) is 1.67. The molecule has 14 heavy (non-hydrogen) atoms. The lowest BCUT2D eigenvalue weighted by Crippen LogP contribution is -2.21. The summed E-state index contributed by atoms with van der Waals surface area (Å²) in [6.45, 7) is 0.168. The Morgan fingerprint density at radius 1 is 1.43 bits per heavy atom. The van der Waals surface area contributed by atoms with Gasteiger partial charge in [-0.1, -0.05) is 0 Å². The van der Waals surface area contributed by atoms with Gasteiger partial charge in [-0.2, -0.15) is 5.48 Å². The smallest absolute Gasteiger partial charge is 0.165 e. The van der Waals surface area contributed by atoms with E-state index in [1.807, 2.05) is 0 Å². The molecule has 5 heteroatoms. The molecular formula is C9H9F2NO2. The van der Waals surface area contributed by atoms with Gasteiger partial charge in [-0.05, 0) is 12.1 Å². The molecule has 0 fully saturated rings. The maximum atomic E-state index is 13.3. The predicted octanol–water partition coefficient (Wildman–Crippen LogP) is 1.55. The van der Waals surface area contributed by atoms with Crippen molar-refractivity contribution in [3.63, 3.8) is 0 Å². The molecule has 0 saturated heterocycles. The van der Waals surface area contributed by atoms with E-state index in [-0.39, 0.29) is 17.9 Å². The number of fused-ring (bicyclic) bond motifs is 1. The van der Waals surface area contributed by atoms with E-state index in [1.165, 1.54) is 7.11 Å². The van der Waals surface area contributed by atoms with E-state index in [0.29, 0.717) is 0 Å². The highest BCUT2D eigenvalue weighted by molar-refractivity contribution is 5.41. The molecule has 3 nitrogen and oxygen atoms in total. The Balaban J connectivity index is 2.42. The molecule has 1 atom stereocenters. The molecular weight excluding hydrogens is 192 g/mol. The van der Waals surface area contributed by atoms with Crippen LogP contribution in [-0.2, 0) is 4.84 Å². The van der Waals surface area contributed by atoms with Gasteiger partial charge in [-0.15, -0.1) is 0 Å². The van der Waals surface area contributed by atoms with Crippen LogP contribution in [0.25, 0.3) is 0 Å². The number of rotatable bonds is 2. The SMILES string of the molecule is CONC1COc2c(F)ccc(F)c21. The van der Waals surface area contributed by atoms with E-state index in [2.05, 4.69) is 10.3 Å². The molecule has 1 N–H and O–H groups in total. The Morgan fingerprint density at radius 3 is 2.86 bits per heavy atom. The molecule has 0 aliphatic carbocycles. The Bertz CT molecular complexity index is 357. The maximum absolute atomic E-state index is 13.3. The van der Waals surface area contributed by atoms with Crippen LogP contribution in [0.5, 0.6) is 5.75 Å². The lowest BCUT2D eigenvalue weighted by Gasteiger charge is -2.09. The molecule has 0 aromatic heterocycles. The van der Waals surface area contributed by atoms with Gasteiger partial charge >= 0.3 is 0 Å². The van der Waals surface area contributed by atoms with Crippen LogP contribution in [0.3, 0.4) is 0 Å². The Hall–Kier alpha value is -1.20. The van der Waals surface area contributed by atoms with E-state index in [4.69, 9.17) is 4.74 Å². The van der Waals surface area contributed by atoms with Crippen molar-refractivity contribution in [1.29, 1.82) is 0 Å². The van der Waals surface area contributed by atoms with Crippen LogP contribution in [0.2, 0.25) is 0 Å². The fourth-order valence-electron chi connectivity index (χ4n) is 1.51. The second-order valence-corrected chi connectivity index (χ2v) is 2.96. The first-order valence-corrected chi connectivity index (χ1v) is 4.13. The molecule has 1 aromatic carbocycles. The maximum Gasteiger partial charge on any atom is 0.165 e. The standard InChI is InChI=1S/C9H9F2NO2/c1-13-12-7-4-14-9-6(11)3-2-5(10)8(7)9/h2-3,7,12H,4H2,1H3. The van der Waals surface area contributed by atoms with Crippen molar-refractivity contribution < 1.29 is 18.4 Å². The topological polar surface area (TPSA) is 30.5 Å². The van der Waals surface area contributed by atoms with Crippen molar-refractivity contribution in [2.24, 2.45) is 0 Å². The van der Waals surface area contributed by atoms with Crippen LogP contribution in [-0.4, -0.2) is 13.7 Å². The first kappa shape index (κ1) is 9.36. The van der Waals surface area contributed by atoms with Crippen molar-refractivity contribution in [1.82, 2.24) is 5.48 Å². The molecule has 0 bridgehead atoms. The summed E-state index contributed by atoms with van der Waals surface area (Å²) in [4.78, 5) is 4.66. The van der Waals surface area contributed by atoms with Gasteiger partial charge < -0.3 is 9.57 Å². The Labute approximate surface area is 79.6 Å². The van der Waals surface area contributed by atoms with E-state index >= 15 is 0 Å². The summed E-state index contributed by atoms with van der Waals surface area (Å²) in [5.41, 5.74) is 2.72. The summed E-state index contributed by atoms with van der Waals surface area (Å²) in [6.07, 6.45) is 0. The number of ether oxygens (including phenoxy) is 1. The Kier molecular flexibility index (Phi) is 2.35. The van der Waals surface area contributed by atoms with E-state index in [9.17, 15) is 8.78 Å². The van der Waals surface area contributed by atoms with Gasteiger partial charge in [0.05, 0.1) is 18.7 Å². The highest BCUT2D eigenvalue weighted by Crippen LogP contribution is 2.36. The molecule has 0 amide bonds. The normalized spacial score (nSPS) is 19.2. The third kappa shape index (κ3) is 1.34. The van der Waals surface area contributed by atoms with Crippen molar-refractivity contribution in [2.75, 3.05) is 13.7 Å². The zero-order chi connectivity index (χ0) is 10.1. The van der Waals surface area contributed by atoms with Crippen LogP contribution in [0.4, 0.5) is 8.78 Å². The van der Waals surface area contributed by atoms with E-state index < -0.39 is 17.7 Å². The molecule has 1 aromatic rings. The molecule has 0 radical (unpaired) electrons. The molecule has 76 valence electrons. The third-order valence-corrected chi connectivity index (χ3v) is 2.10. The molecule has 1 aliphatic rings. The minimum Gasteiger partial charge on any atom is -0.488 e. The van der Waals surface area contributed by atoms with E-state index in [1.54, 1.807) is 0 Å². The molecule has 0 spiro atoms. The van der Waals surface area contributed by atoms with Crippen LogP contribution in [0, 0.1) is 11.6 Å². The minimum atomic E-state index is -0.554. The van der Waals surface area contributed by atoms with Crippen LogP contribution < -0.4 is 10.2 Å². The number of benzene rings is 1. The first-order chi connectivity index (χ1) is 6.74. The van der Waals surface area contributed by atoms with E-state index in [0.717, 1.165) is 12.1 Å². The lowest BCUT2D eigenvalue weighted by atomic mass is 10.1. The predicted molar refractivity (Wildman–Crippen MR) is 44.7 cm³/mol. The van der Waals surface area contributed by atoms with Crippen molar-refractivity contribution in [2.45, 2.75) is 6.04 Å². The van der Waals surface area contributed by atoms with Gasteiger partial charge in [0, 0.05) is 0 Å². The number of hydrogen-bond donors (Lipinski definition) is 1. The van der Waals surface area contributed by atoms with Gasteiger partial charge in [0.2, 0.25) is 0 Å². The van der Waals surface area contributed by atoms with Gasteiger partial charge in [-0.25, -0.2) is 8.78 Å². The van der Waals surface area contributed by atoms with Gasteiger partial charge in [-0.3, -0.25) is 0 Å². The highest BCUT2D eigenvalue weighted by atomic mass is 19.1. The molecule has 1 aliphatic heterocycles. The molecule has 0 saturated carbocycles. The number of hydrogen-bond acceptors (Lipinski definition) is 3. The van der Waals surface area contributed by atoms with Crippen LogP contribution in [0.1, 0.15) is 11.6 Å². The zero-order valence-electron chi connectivity index (χ0n) is 7.51. The first-order valence-electron chi connectivity index (χ1n) is 4.13. The molecule has 1 unspecified atom stereocenters. The fourth-order valence-corrected chi connectivity index (χ4v) is 1.51. The second-order valence-electron chi connectivity index (χ2n) is 2.96. The number of halogens is 2. The summed E-state index contributed by atoms with van der Waals surface area (Å²) in [5.74, 6) is -1.07. The highest BCUT2D eigenvalue weighted by Gasteiger charge is 2.30.